The standard InChI is InChI=1S/C60H29N7O8S/c1-21-17-34-46-36(59(74)67(6)57(34)72)19-33(42-25-10-14-29-43-28(53(68)64(3)54(29)69)13-9-24(40(25)43)39(21)50(42)46)23-8-7-22(51-52(23)63-76-62-51)32-18-35-44-30(55(70)65(4)58(35)73)16-12-27-47-38(61-2)20-37-45-31(56(71)66(5)60(37)75)15-11-26(49(45)47)41(32)48(27)44/h7-20H,1,3-6H3. The minimum Gasteiger partial charge on any atom is -0.278 e. The molecule has 0 unspecified atom stereocenters. The summed E-state index contributed by atoms with van der Waals surface area (Å²) in [5, 5.41) is 9.28. The van der Waals surface area contributed by atoms with E-state index in [1.165, 1.54) is 34.3 Å². The van der Waals surface area contributed by atoms with Crippen LogP contribution in [-0.4, -0.2) is 104 Å². The molecular weight excluding hydrogens is 979 g/mol. The Morgan fingerprint density at radius 1 is 0.342 bits per heavy atom. The zero-order chi connectivity index (χ0) is 52.1. The van der Waals surface area contributed by atoms with Crippen LogP contribution in [0.1, 0.15) is 88.4 Å². The molecule has 0 N–H and O–H groups in total. The topological polar surface area (TPSA) is 180 Å². The molecule has 12 aromatic rings. The van der Waals surface area contributed by atoms with Crippen molar-refractivity contribution in [2.24, 2.45) is 0 Å². The van der Waals surface area contributed by atoms with E-state index in [-0.39, 0.29) is 22.4 Å². The van der Waals surface area contributed by atoms with Gasteiger partial charge in [0, 0.05) is 105 Å². The molecule has 0 spiro atoms. The van der Waals surface area contributed by atoms with E-state index >= 15 is 0 Å². The zero-order valence-electron chi connectivity index (χ0n) is 40.4. The number of amides is 8. The molecule has 4 aliphatic rings. The van der Waals surface area contributed by atoms with Crippen LogP contribution in [0.25, 0.3) is 124 Å². The van der Waals surface area contributed by atoms with Gasteiger partial charge in [0.2, 0.25) is 0 Å². The Morgan fingerprint density at radius 3 is 1.13 bits per heavy atom. The van der Waals surface area contributed by atoms with Gasteiger partial charge in [0.25, 0.3) is 47.3 Å². The molecular formula is C60H29N7O8S. The first-order valence-electron chi connectivity index (χ1n) is 24.1. The van der Waals surface area contributed by atoms with Gasteiger partial charge in [-0.25, -0.2) is 4.85 Å². The minimum absolute atomic E-state index is 0.164. The van der Waals surface area contributed by atoms with E-state index < -0.39 is 47.3 Å². The number of fused-ring (bicyclic) bond motifs is 5. The molecule has 1 aromatic heterocycles. The average molecular weight is 1010 g/mol. The Labute approximate surface area is 430 Å². The van der Waals surface area contributed by atoms with E-state index in [9.17, 15) is 38.4 Å². The van der Waals surface area contributed by atoms with Gasteiger partial charge in [0.1, 0.15) is 11.0 Å². The highest BCUT2D eigenvalue weighted by molar-refractivity contribution is 7.00. The van der Waals surface area contributed by atoms with Gasteiger partial charge in [-0.05, 0) is 137 Å². The number of nitrogens with zero attached hydrogens (tertiary/aromatic N) is 7. The van der Waals surface area contributed by atoms with Gasteiger partial charge in [-0.2, -0.15) is 8.75 Å². The molecule has 0 fully saturated rings. The Balaban J connectivity index is 1.07. The molecule has 11 aromatic carbocycles. The quantitative estimate of drug-likeness (QED) is 0.0700. The maximum absolute atomic E-state index is 14.5. The Morgan fingerprint density at radius 2 is 0.671 bits per heavy atom. The fourth-order valence-corrected chi connectivity index (χ4v) is 14.0. The summed E-state index contributed by atoms with van der Waals surface area (Å²) in [7, 11) is 5.77. The normalized spacial score (nSPS) is 15.5. The van der Waals surface area contributed by atoms with Gasteiger partial charge in [0.15, 0.2) is 5.69 Å². The third-order valence-electron chi connectivity index (χ3n) is 16.8. The summed E-state index contributed by atoms with van der Waals surface area (Å²) in [4.78, 5) is 121. The predicted octanol–water partition coefficient (Wildman–Crippen LogP) is 10.9. The summed E-state index contributed by atoms with van der Waals surface area (Å²) in [5.41, 5.74) is 6.44. The van der Waals surface area contributed by atoms with Crippen molar-refractivity contribution in [1.29, 1.82) is 0 Å². The first-order chi connectivity index (χ1) is 36.6. The monoisotopic (exact) mass is 1010 g/mol. The second-order valence-electron chi connectivity index (χ2n) is 20.2. The van der Waals surface area contributed by atoms with Crippen LogP contribution in [0, 0.1) is 13.5 Å². The lowest BCUT2D eigenvalue weighted by molar-refractivity contribution is 0.0635. The number of aryl methyl sites for hydroxylation is 1. The lowest BCUT2D eigenvalue weighted by Crippen LogP contribution is -2.37. The maximum Gasteiger partial charge on any atom is 0.261 e. The Hall–Kier alpha value is -10.1. The molecule has 0 saturated heterocycles. The molecule has 0 radical (unpaired) electrons. The van der Waals surface area contributed by atoms with Gasteiger partial charge in [-0.15, -0.1) is 0 Å². The van der Waals surface area contributed by atoms with Crippen LogP contribution >= 0.6 is 11.7 Å². The number of imide groups is 4. The van der Waals surface area contributed by atoms with Crippen LogP contribution in [-0.2, 0) is 0 Å². The van der Waals surface area contributed by atoms with Crippen molar-refractivity contribution in [2.45, 2.75) is 6.92 Å². The Bertz CT molecular complexity index is 5140. The van der Waals surface area contributed by atoms with Crippen molar-refractivity contribution >= 4 is 162 Å². The highest BCUT2D eigenvalue weighted by Gasteiger charge is 2.40. The van der Waals surface area contributed by atoms with Crippen LogP contribution in [0.2, 0.25) is 0 Å². The van der Waals surface area contributed by atoms with E-state index in [0.717, 1.165) is 47.7 Å². The number of carbonyl (C=O) groups is 8. The molecule has 4 aliphatic heterocycles. The summed E-state index contributed by atoms with van der Waals surface area (Å²) in [6, 6.07) is 24.7. The SMILES string of the molecule is [C-]#[N+]c1cc2c3c(ccc4c5c(-c6ccc(-c7cc8c9c(cc(C)c%10c%11ccc%12c%13c(ccc(c7c9%10)c%13%11)C(=O)N(C)C%12=O)C(=O)N(C)C8=O)c7nsnc67)cc6c7c(ccc(c1c34)c75)C(=O)N(C)C6=O)C(=O)N(C)C2=O. The van der Waals surface area contributed by atoms with Crippen molar-refractivity contribution in [2.75, 3.05) is 28.2 Å². The number of hydrogen-bond donors (Lipinski definition) is 0. The highest BCUT2D eigenvalue weighted by Crippen LogP contribution is 2.55. The van der Waals surface area contributed by atoms with Gasteiger partial charge < -0.3 is 0 Å². The van der Waals surface area contributed by atoms with Gasteiger partial charge in [-0.3, -0.25) is 58.0 Å². The first-order valence-corrected chi connectivity index (χ1v) is 24.8. The van der Waals surface area contributed by atoms with Crippen molar-refractivity contribution in [3.8, 4) is 22.3 Å². The summed E-state index contributed by atoms with van der Waals surface area (Å²) < 4.78 is 9.94. The summed E-state index contributed by atoms with van der Waals surface area (Å²) in [6.45, 7) is 10.3. The second kappa shape index (κ2) is 13.5. The van der Waals surface area contributed by atoms with Crippen molar-refractivity contribution < 1.29 is 38.4 Å². The average Bonchev–Trinajstić information content (AvgIpc) is 4.05. The van der Waals surface area contributed by atoms with E-state index in [2.05, 4.69) is 4.85 Å². The molecule has 76 heavy (non-hydrogen) atoms. The van der Waals surface area contributed by atoms with Crippen LogP contribution in [0.15, 0.2) is 84.9 Å². The highest BCUT2D eigenvalue weighted by atomic mass is 32.1. The molecule has 0 atom stereocenters. The van der Waals surface area contributed by atoms with Crippen LogP contribution in [0.5, 0.6) is 0 Å². The molecule has 0 bridgehead atoms. The number of hydrogen-bond acceptors (Lipinski definition) is 11. The predicted molar refractivity (Wildman–Crippen MR) is 287 cm³/mol. The molecule has 8 amide bonds. The molecule has 5 heterocycles. The molecule has 0 saturated carbocycles. The smallest absolute Gasteiger partial charge is 0.261 e. The number of aromatic nitrogens is 2. The van der Waals surface area contributed by atoms with Gasteiger partial charge in [-0.1, -0.05) is 36.4 Å². The summed E-state index contributed by atoms with van der Waals surface area (Å²) >= 11 is 0.960. The minimum atomic E-state index is -0.550. The van der Waals surface area contributed by atoms with Crippen LogP contribution < -0.4 is 0 Å². The third kappa shape index (κ3) is 4.58. The van der Waals surface area contributed by atoms with Crippen molar-refractivity contribution in [3.05, 3.63) is 146 Å². The molecule has 358 valence electrons. The maximum atomic E-state index is 14.5. The number of rotatable bonds is 2. The molecule has 16 heteroatoms. The molecule has 15 nitrogen and oxygen atoms in total. The summed E-state index contributed by atoms with van der Waals surface area (Å²) in [5.74, 6) is -3.89. The number of benzene rings is 11. The van der Waals surface area contributed by atoms with Gasteiger partial charge >= 0.3 is 0 Å². The van der Waals surface area contributed by atoms with Crippen LogP contribution in [0.3, 0.4) is 0 Å². The lowest BCUT2D eigenvalue weighted by Gasteiger charge is -2.30. The number of carbonyl (C=O) groups excluding carboxylic acids is 8. The fourth-order valence-electron chi connectivity index (χ4n) is 13.4. The Kier molecular flexibility index (Phi) is 7.55. The van der Waals surface area contributed by atoms with Crippen molar-refractivity contribution in [1.82, 2.24) is 28.3 Å². The van der Waals surface area contributed by atoms with Crippen LogP contribution in [0.4, 0.5) is 5.69 Å². The molecule has 16 rings (SSSR count). The summed E-state index contributed by atoms with van der Waals surface area (Å²) in [6.07, 6.45) is 0. The zero-order valence-corrected chi connectivity index (χ0v) is 41.2. The second-order valence-corrected chi connectivity index (χ2v) is 20.7. The largest absolute Gasteiger partial charge is 0.278 e. The van der Waals surface area contributed by atoms with Crippen molar-refractivity contribution in [3.63, 3.8) is 0 Å². The fraction of sp³-hybridized carbons (Fsp3) is 0.0833. The van der Waals surface area contributed by atoms with E-state index in [0.29, 0.717) is 137 Å². The van der Waals surface area contributed by atoms with E-state index in [1.54, 1.807) is 54.6 Å². The van der Waals surface area contributed by atoms with E-state index in [4.69, 9.17) is 15.3 Å². The lowest BCUT2D eigenvalue weighted by atomic mass is 9.78. The third-order valence-corrected chi connectivity index (χ3v) is 17.3. The van der Waals surface area contributed by atoms with Gasteiger partial charge in [0.05, 0.1) is 18.3 Å². The van der Waals surface area contributed by atoms with E-state index in [1.807, 2.05) is 31.2 Å². The molecule has 0 aliphatic carbocycles. The first kappa shape index (κ1) is 42.4.